The second kappa shape index (κ2) is 8.47. The van der Waals surface area contributed by atoms with Crippen molar-refractivity contribution in [1.29, 1.82) is 0 Å². The number of rotatable bonds is 4. The Labute approximate surface area is 195 Å². The number of fused-ring (bicyclic) bond motifs is 1. The van der Waals surface area contributed by atoms with Gasteiger partial charge in [0.1, 0.15) is 17.3 Å². The van der Waals surface area contributed by atoms with Gasteiger partial charge in [-0.15, -0.1) is 0 Å². The summed E-state index contributed by atoms with van der Waals surface area (Å²) in [6, 6.07) is 13.8. The van der Waals surface area contributed by atoms with Gasteiger partial charge < -0.3 is 5.32 Å². The Hall–Kier alpha value is -4.46. The van der Waals surface area contributed by atoms with Crippen LogP contribution in [0.15, 0.2) is 67.1 Å². The predicted molar refractivity (Wildman–Crippen MR) is 128 cm³/mol. The fourth-order valence-corrected chi connectivity index (χ4v) is 3.84. The number of hydrogen-bond acceptors (Lipinski definition) is 5. The van der Waals surface area contributed by atoms with E-state index in [2.05, 4.69) is 20.4 Å². The molecule has 1 N–H and O–H groups in total. The fraction of sp³-hybridized carbons (Fsp3) is 0.115. The Bertz CT molecular complexity index is 1560. The van der Waals surface area contributed by atoms with E-state index in [4.69, 9.17) is 4.98 Å². The molecule has 7 nitrogen and oxygen atoms in total. The summed E-state index contributed by atoms with van der Waals surface area (Å²) in [4.78, 5) is 26.0. The van der Waals surface area contributed by atoms with E-state index in [0.29, 0.717) is 28.3 Å². The number of carbonyl (C=O) groups excluding carboxylic acids is 1. The second-order valence-electron chi connectivity index (χ2n) is 8.09. The number of benzene rings is 1. The van der Waals surface area contributed by atoms with Gasteiger partial charge in [-0.05, 0) is 80.4 Å². The Kier molecular flexibility index (Phi) is 5.33. The smallest absolute Gasteiger partial charge is 0.256 e. The molecule has 5 rings (SSSR count). The molecule has 0 spiro atoms. The van der Waals surface area contributed by atoms with Gasteiger partial charge in [-0.1, -0.05) is 0 Å². The van der Waals surface area contributed by atoms with Gasteiger partial charge in [0.2, 0.25) is 0 Å². The van der Waals surface area contributed by atoms with E-state index in [0.717, 1.165) is 28.1 Å². The molecule has 34 heavy (non-hydrogen) atoms. The second-order valence-corrected chi connectivity index (χ2v) is 8.09. The molecule has 8 heteroatoms. The van der Waals surface area contributed by atoms with Gasteiger partial charge in [-0.2, -0.15) is 5.10 Å². The van der Waals surface area contributed by atoms with E-state index >= 15 is 0 Å². The van der Waals surface area contributed by atoms with Crippen LogP contribution in [0.1, 0.15) is 27.2 Å². The molecule has 4 heterocycles. The normalized spacial score (nSPS) is 11.1. The summed E-state index contributed by atoms with van der Waals surface area (Å²) < 4.78 is 15.7. The number of nitrogens with zero attached hydrogens (tertiary/aromatic N) is 5. The molecule has 1 amide bonds. The third kappa shape index (κ3) is 3.90. The summed E-state index contributed by atoms with van der Waals surface area (Å²) in [6.07, 6.45) is 4.93. The molecule has 0 aliphatic carbocycles. The molecule has 0 bridgehead atoms. The number of halogens is 1. The van der Waals surface area contributed by atoms with E-state index in [9.17, 15) is 9.18 Å². The molecule has 0 radical (unpaired) electrons. The minimum absolute atomic E-state index is 0.274. The van der Waals surface area contributed by atoms with Gasteiger partial charge in [-0.25, -0.2) is 18.9 Å². The van der Waals surface area contributed by atoms with Gasteiger partial charge in [0, 0.05) is 41.0 Å². The molecule has 4 aromatic heterocycles. The van der Waals surface area contributed by atoms with Gasteiger partial charge >= 0.3 is 0 Å². The number of nitrogens with one attached hydrogen (secondary N) is 1. The van der Waals surface area contributed by atoms with Crippen LogP contribution in [0.4, 0.5) is 10.2 Å². The van der Waals surface area contributed by atoms with Gasteiger partial charge in [-0.3, -0.25) is 9.78 Å². The van der Waals surface area contributed by atoms with Crippen molar-refractivity contribution < 1.29 is 9.18 Å². The summed E-state index contributed by atoms with van der Waals surface area (Å²) in [5.74, 6) is -0.166. The quantitative estimate of drug-likeness (QED) is 0.407. The summed E-state index contributed by atoms with van der Waals surface area (Å²) in [5, 5.41) is 7.36. The summed E-state index contributed by atoms with van der Waals surface area (Å²) in [6.45, 7) is 5.51. The maximum Gasteiger partial charge on any atom is 0.256 e. The highest BCUT2D eigenvalue weighted by atomic mass is 19.1. The molecule has 168 valence electrons. The average Bonchev–Trinajstić information content (AvgIpc) is 3.22. The van der Waals surface area contributed by atoms with Gasteiger partial charge in [0.15, 0.2) is 5.65 Å². The largest absolute Gasteiger partial charge is 0.307 e. The first-order chi connectivity index (χ1) is 16.4. The summed E-state index contributed by atoms with van der Waals surface area (Å²) in [7, 11) is 0. The topological polar surface area (TPSA) is 85.1 Å². The monoisotopic (exact) mass is 452 g/mol. The minimum atomic E-state index is -0.281. The maximum absolute atomic E-state index is 14.0. The van der Waals surface area contributed by atoms with Crippen molar-refractivity contribution in [2.24, 2.45) is 0 Å². The molecule has 0 atom stereocenters. The lowest BCUT2D eigenvalue weighted by Gasteiger charge is -2.09. The Balaban J connectivity index is 1.62. The number of aromatic nitrogens is 5. The van der Waals surface area contributed by atoms with Crippen LogP contribution in [0.25, 0.3) is 28.2 Å². The lowest BCUT2D eigenvalue weighted by atomic mass is 10.0. The lowest BCUT2D eigenvalue weighted by molar-refractivity contribution is 0.102. The molecule has 0 aliphatic heterocycles. The third-order valence-corrected chi connectivity index (χ3v) is 5.58. The van der Waals surface area contributed by atoms with Crippen LogP contribution in [0.3, 0.4) is 0 Å². The highest BCUT2D eigenvalue weighted by Gasteiger charge is 2.19. The van der Waals surface area contributed by atoms with Gasteiger partial charge in [0.05, 0.1) is 5.69 Å². The molecule has 0 saturated carbocycles. The van der Waals surface area contributed by atoms with Gasteiger partial charge in [0.25, 0.3) is 5.91 Å². The number of carbonyl (C=O) groups is 1. The van der Waals surface area contributed by atoms with Crippen LogP contribution in [0.5, 0.6) is 0 Å². The zero-order chi connectivity index (χ0) is 23.8. The summed E-state index contributed by atoms with van der Waals surface area (Å²) in [5.41, 5.74) is 6.35. The number of pyridine rings is 2. The fourth-order valence-electron chi connectivity index (χ4n) is 3.84. The molecule has 1 aromatic carbocycles. The molecular formula is C26H21FN6O. The van der Waals surface area contributed by atoms with E-state index in [1.54, 1.807) is 60.4 Å². The first-order valence-electron chi connectivity index (χ1n) is 10.7. The van der Waals surface area contributed by atoms with Crippen molar-refractivity contribution in [2.45, 2.75) is 20.8 Å². The van der Waals surface area contributed by atoms with Crippen molar-refractivity contribution in [3.8, 4) is 22.5 Å². The van der Waals surface area contributed by atoms with Crippen LogP contribution in [-0.2, 0) is 0 Å². The van der Waals surface area contributed by atoms with Crippen LogP contribution < -0.4 is 5.32 Å². The van der Waals surface area contributed by atoms with Crippen molar-refractivity contribution in [2.75, 3.05) is 5.32 Å². The third-order valence-electron chi connectivity index (χ3n) is 5.58. The van der Waals surface area contributed by atoms with E-state index in [1.807, 2.05) is 26.0 Å². The minimum Gasteiger partial charge on any atom is -0.307 e. The average molecular weight is 452 g/mol. The summed E-state index contributed by atoms with van der Waals surface area (Å²) >= 11 is 0. The number of imidazole rings is 1. The highest BCUT2D eigenvalue weighted by Crippen LogP contribution is 2.34. The number of anilines is 1. The maximum atomic E-state index is 14.0. The van der Waals surface area contributed by atoms with Crippen molar-refractivity contribution in [1.82, 2.24) is 24.6 Å². The Morgan fingerprint density at radius 1 is 0.882 bits per heavy atom. The standard InChI is InChI=1S/C26H21FN6O/c1-15-6-11-30-33-24(23(32-25(15)33)18-4-5-21(27)16(2)12-18)19-7-10-29-22(14-19)31-26(34)20-8-9-28-17(3)13-20/h4-14H,1-3H3,(H,29,31,34). The van der Waals surface area contributed by atoms with Crippen molar-refractivity contribution in [3.05, 3.63) is 95.3 Å². The number of aryl methyl sites for hydroxylation is 3. The number of hydrogen-bond donors (Lipinski definition) is 1. The molecule has 0 saturated heterocycles. The zero-order valence-electron chi connectivity index (χ0n) is 18.9. The van der Waals surface area contributed by atoms with E-state index in [-0.39, 0.29) is 11.7 Å². The van der Waals surface area contributed by atoms with Crippen molar-refractivity contribution in [3.63, 3.8) is 0 Å². The van der Waals surface area contributed by atoms with E-state index < -0.39 is 0 Å². The van der Waals surface area contributed by atoms with E-state index in [1.165, 1.54) is 6.07 Å². The number of amides is 1. The molecular weight excluding hydrogens is 431 g/mol. The lowest BCUT2D eigenvalue weighted by Crippen LogP contribution is -2.13. The Morgan fingerprint density at radius 2 is 1.71 bits per heavy atom. The van der Waals surface area contributed by atoms with Crippen LogP contribution >= 0.6 is 0 Å². The Morgan fingerprint density at radius 3 is 2.50 bits per heavy atom. The predicted octanol–water partition coefficient (Wildman–Crippen LogP) is 5.17. The molecule has 5 aromatic rings. The molecule has 0 unspecified atom stereocenters. The van der Waals surface area contributed by atoms with Crippen LogP contribution in [0, 0.1) is 26.6 Å². The first kappa shape index (κ1) is 21.4. The van der Waals surface area contributed by atoms with Crippen molar-refractivity contribution >= 4 is 17.4 Å². The molecule has 0 aliphatic rings. The van der Waals surface area contributed by atoms with Crippen LogP contribution in [-0.4, -0.2) is 30.5 Å². The molecule has 0 fully saturated rings. The van der Waals surface area contributed by atoms with Crippen LogP contribution in [0.2, 0.25) is 0 Å². The first-order valence-corrected chi connectivity index (χ1v) is 10.7. The zero-order valence-corrected chi connectivity index (χ0v) is 18.9. The SMILES string of the molecule is Cc1cc(C(=O)Nc2cc(-c3c(-c4ccc(F)c(C)c4)nc4c(C)ccnn34)ccn2)ccn1. The highest BCUT2D eigenvalue weighted by molar-refractivity contribution is 6.04.